The lowest BCUT2D eigenvalue weighted by atomic mass is 9.82. The zero-order valence-electron chi connectivity index (χ0n) is 12.0. The Labute approximate surface area is 120 Å². The molecule has 0 atom stereocenters. The van der Waals surface area contributed by atoms with Crippen molar-refractivity contribution in [2.24, 2.45) is 5.41 Å². The molecule has 0 radical (unpaired) electrons. The van der Waals surface area contributed by atoms with Gasteiger partial charge in [0.15, 0.2) is 0 Å². The minimum atomic E-state index is 0.242. The molecular formula is C16H21N3O. The highest BCUT2D eigenvalue weighted by Crippen LogP contribution is 2.31. The monoisotopic (exact) mass is 271 g/mol. The summed E-state index contributed by atoms with van der Waals surface area (Å²) in [6.07, 6.45) is 5.39. The van der Waals surface area contributed by atoms with Crippen molar-refractivity contribution >= 4 is 5.82 Å². The van der Waals surface area contributed by atoms with Gasteiger partial charge in [-0.25, -0.2) is 4.98 Å². The summed E-state index contributed by atoms with van der Waals surface area (Å²) < 4.78 is 5.43. The first-order chi connectivity index (χ1) is 9.70. The Balaban J connectivity index is 1.75. The Kier molecular flexibility index (Phi) is 3.62. The average Bonchev–Trinajstić information content (AvgIpc) is 2.92. The topological polar surface area (TPSA) is 57.9 Å². The Morgan fingerprint density at radius 2 is 2.20 bits per heavy atom. The molecule has 1 saturated heterocycles. The fourth-order valence-corrected chi connectivity index (χ4v) is 3.03. The van der Waals surface area contributed by atoms with Crippen LogP contribution in [0.25, 0.3) is 0 Å². The van der Waals surface area contributed by atoms with Gasteiger partial charge in [-0.2, -0.15) is 5.26 Å². The number of aromatic nitrogens is 1. The Morgan fingerprint density at radius 3 is 2.95 bits per heavy atom. The maximum Gasteiger partial charge on any atom is 0.144 e. The Bertz CT molecular complexity index is 541. The minimum Gasteiger partial charge on any atom is -0.381 e. The van der Waals surface area contributed by atoms with Gasteiger partial charge in [-0.1, -0.05) is 6.92 Å². The van der Waals surface area contributed by atoms with Crippen LogP contribution in [0.1, 0.15) is 43.0 Å². The van der Waals surface area contributed by atoms with Gasteiger partial charge in [0.25, 0.3) is 0 Å². The van der Waals surface area contributed by atoms with E-state index in [-0.39, 0.29) is 5.41 Å². The maximum atomic E-state index is 9.30. The van der Waals surface area contributed by atoms with Crippen LogP contribution < -0.4 is 5.32 Å². The normalized spacial score (nSPS) is 20.2. The lowest BCUT2D eigenvalue weighted by molar-refractivity contribution is 0.0299. The van der Waals surface area contributed by atoms with E-state index in [1.807, 2.05) is 6.07 Å². The zero-order valence-corrected chi connectivity index (χ0v) is 12.0. The number of nitriles is 1. The highest BCUT2D eigenvalue weighted by atomic mass is 16.5. The molecule has 0 bridgehead atoms. The molecule has 4 nitrogen and oxygen atoms in total. The number of nitrogens with zero attached hydrogens (tertiary/aromatic N) is 2. The molecule has 0 spiro atoms. The number of hydrogen-bond donors (Lipinski definition) is 1. The second kappa shape index (κ2) is 5.41. The van der Waals surface area contributed by atoms with E-state index in [2.05, 4.69) is 23.3 Å². The second-order valence-electron chi connectivity index (χ2n) is 6.23. The van der Waals surface area contributed by atoms with E-state index in [0.717, 1.165) is 57.7 Å². The largest absolute Gasteiger partial charge is 0.381 e. The molecule has 106 valence electrons. The fourth-order valence-electron chi connectivity index (χ4n) is 3.03. The van der Waals surface area contributed by atoms with E-state index in [1.165, 1.54) is 11.3 Å². The molecular weight excluding hydrogens is 250 g/mol. The number of rotatable bonds is 3. The lowest BCUT2D eigenvalue weighted by Gasteiger charge is -2.33. The highest BCUT2D eigenvalue weighted by molar-refractivity contribution is 5.55. The number of anilines is 1. The molecule has 1 aliphatic heterocycles. The van der Waals surface area contributed by atoms with Gasteiger partial charge in [0.1, 0.15) is 11.9 Å². The van der Waals surface area contributed by atoms with Gasteiger partial charge in [0, 0.05) is 25.5 Å². The quantitative estimate of drug-likeness (QED) is 0.918. The highest BCUT2D eigenvalue weighted by Gasteiger charge is 2.27. The summed E-state index contributed by atoms with van der Waals surface area (Å²) in [5.41, 5.74) is 3.35. The molecule has 0 aromatic carbocycles. The molecule has 2 aliphatic rings. The van der Waals surface area contributed by atoms with Crippen LogP contribution in [0, 0.1) is 16.7 Å². The molecule has 0 amide bonds. The van der Waals surface area contributed by atoms with Crippen LogP contribution in [-0.2, 0) is 17.6 Å². The maximum absolute atomic E-state index is 9.30. The summed E-state index contributed by atoms with van der Waals surface area (Å²) in [5.74, 6) is 0.765. The predicted molar refractivity (Wildman–Crippen MR) is 77.6 cm³/mol. The van der Waals surface area contributed by atoms with E-state index in [0.29, 0.717) is 5.56 Å². The van der Waals surface area contributed by atoms with Crippen molar-refractivity contribution in [1.29, 1.82) is 5.26 Å². The Hall–Kier alpha value is -1.60. The smallest absolute Gasteiger partial charge is 0.144 e. The van der Waals surface area contributed by atoms with Crippen molar-refractivity contribution in [3.8, 4) is 6.07 Å². The molecule has 0 saturated carbocycles. The van der Waals surface area contributed by atoms with Crippen LogP contribution in [0.4, 0.5) is 5.82 Å². The first-order valence-corrected chi connectivity index (χ1v) is 7.45. The van der Waals surface area contributed by atoms with Gasteiger partial charge < -0.3 is 10.1 Å². The van der Waals surface area contributed by atoms with Gasteiger partial charge in [0.05, 0.1) is 5.56 Å². The third-order valence-corrected chi connectivity index (χ3v) is 4.55. The lowest BCUT2D eigenvalue weighted by Crippen LogP contribution is -2.33. The van der Waals surface area contributed by atoms with E-state index in [4.69, 9.17) is 4.74 Å². The molecule has 4 heteroatoms. The van der Waals surface area contributed by atoms with Crippen LogP contribution in [0.3, 0.4) is 0 Å². The van der Waals surface area contributed by atoms with Gasteiger partial charge in [-0.3, -0.25) is 0 Å². The molecule has 1 N–H and O–H groups in total. The van der Waals surface area contributed by atoms with Gasteiger partial charge >= 0.3 is 0 Å². The van der Waals surface area contributed by atoms with Crippen molar-refractivity contribution < 1.29 is 4.74 Å². The van der Waals surface area contributed by atoms with Crippen molar-refractivity contribution in [3.63, 3.8) is 0 Å². The third kappa shape index (κ3) is 2.64. The van der Waals surface area contributed by atoms with Crippen LogP contribution >= 0.6 is 0 Å². The predicted octanol–water partition coefficient (Wildman–Crippen LogP) is 2.67. The first kappa shape index (κ1) is 13.4. The molecule has 1 fully saturated rings. The van der Waals surface area contributed by atoms with Crippen LogP contribution in [0.15, 0.2) is 6.07 Å². The molecule has 2 heterocycles. The van der Waals surface area contributed by atoms with Crippen LogP contribution in [-0.4, -0.2) is 24.7 Å². The minimum absolute atomic E-state index is 0.242. The third-order valence-electron chi connectivity index (χ3n) is 4.55. The summed E-state index contributed by atoms with van der Waals surface area (Å²) in [4.78, 5) is 4.67. The van der Waals surface area contributed by atoms with Gasteiger partial charge in [-0.15, -0.1) is 0 Å². The van der Waals surface area contributed by atoms with Gasteiger partial charge in [0.2, 0.25) is 0 Å². The van der Waals surface area contributed by atoms with Crippen LogP contribution in [0.2, 0.25) is 0 Å². The van der Waals surface area contributed by atoms with Gasteiger partial charge in [-0.05, 0) is 49.1 Å². The van der Waals surface area contributed by atoms with Crippen molar-refractivity contribution in [2.45, 2.75) is 39.0 Å². The van der Waals surface area contributed by atoms with Crippen molar-refractivity contribution in [2.75, 3.05) is 25.1 Å². The number of aryl methyl sites for hydroxylation is 2. The summed E-state index contributed by atoms with van der Waals surface area (Å²) >= 11 is 0. The van der Waals surface area contributed by atoms with Crippen LogP contribution in [0.5, 0.6) is 0 Å². The average molecular weight is 271 g/mol. The number of pyridine rings is 1. The molecule has 1 aromatic rings. The van der Waals surface area contributed by atoms with Crippen molar-refractivity contribution in [1.82, 2.24) is 4.98 Å². The molecule has 1 aliphatic carbocycles. The molecule has 0 unspecified atom stereocenters. The number of hydrogen-bond acceptors (Lipinski definition) is 4. The number of ether oxygens (including phenoxy) is 1. The molecule has 1 aromatic heterocycles. The molecule has 20 heavy (non-hydrogen) atoms. The summed E-state index contributed by atoms with van der Waals surface area (Å²) in [6.45, 7) is 4.81. The Morgan fingerprint density at radius 1 is 1.40 bits per heavy atom. The SMILES string of the molecule is CC1(CNc2nc3c(cc2C#N)CCC3)CCOCC1. The summed E-state index contributed by atoms with van der Waals surface area (Å²) in [6, 6.07) is 4.29. The first-order valence-electron chi connectivity index (χ1n) is 7.45. The van der Waals surface area contributed by atoms with E-state index in [1.54, 1.807) is 0 Å². The van der Waals surface area contributed by atoms with E-state index >= 15 is 0 Å². The molecule has 3 rings (SSSR count). The second-order valence-corrected chi connectivity index (χ2v) is 6.23. The van der Waals surface area contributed by atoms with E-state index in [9.17, 15) is 5.26 Å². The summed E-state index contributed by atoms with van der Waals surface area (Å²) in [7, 11) is 0. The fraction of sp³-hybridized carbons (Fsp3) is 0.625. The zero-order chi connectivity index (χ0) is 14.0. The number of nitrogens with one attached hydrogen (secondary N) is 1. The number of fused-ring (bicyclic) bond motifs is 1. The van der Waals surface area contributed by atoms with E-state index < -0.39 is 0 Å². The van der Waals surface area contributed by atoms with Crippen molar-refractivity contribution in [3.05, 3.63) is 22.9 Å². The summed E-state index contributed by atoms with van der Waals surface area (Å²) in [5, 5.41) is 12.7. The standard InChI is InChI=1S/C16H21N3O/c1-16(5-7-20-8-6-16)11-18-15-13(10-17)9-12-3-2-4-14(12)19-15/h9H,2-8,11H2,1H3,(H,18,19).